The minimum atomic E-state index is -3.45. The predicted molar refractivity (Wildman–Crippen MR) is 108 cm³/mol. The molecular formula is C18H23N5O4S2. The Labute approximate surface area is 173 Å². The second-order valence-electron chi connectivity index (χ2n) is 7.23. The van der Waals surface area contributed by atoms with Crippen molar-refractivity contribution in [3.63, 3.8) is 0 Å². The minimum absolute atomic E-state index is 0.0398. The van der Waals surface area contributed by atoms with Gasteiger partial charge in [-0.15, -0.1) is 11.3 Å². The molecule has 2 fully saturated rings. The van der Waals surface area contributed by atoms with Gasteiger partial charge in [-0.05, 0) is 12.8 Å². The van der Waals surface area contributed by atoms with Crippen LogP contribution in [-0.2, 0) is 14.6 Å². The van der Waals surface area contributed by atoms with E-state index in [4.69, 9.17) is 4.74 Å². The van der Waals surface area contributed by atoms with E-state index in [1.54, 1.807) is 15.8 Å². The number of ether oxygens (including phenoxy) is 1. The molecule has 0 spiro atoms. The van der Waals surface area contributed by atoms with E-state index >= 15 is 0 Å². The van der Waals surface area contributed by atoms with E-state index in [0.717, 1.165) is 0 Å². The fraction of sp³-hybridized carbons (Fsp3) is 0.556. The second kappa shape index (κ2) is 8.33. The first-order valence-corrected chi connectivity index (χ1v) is 12.3. The summed E-state index contributed by atoms with van der Waals surface area (Å²) in [6, 6.07) is 0. The maximum atomic E-state index is 12.5. The second-order valence-corrected chi connectivity index (χ2v) is 9.93. The van der Waals surface area contributed by atoms with Crippen LogP contribution in [0.1, 0.15) is 34.9 Å². The molecule has 0 radical (unpaired) electrons. The van der Waals surface area contributed by atoms with E-state index in [1.807, 2.05) is 4.90 Å². The van der Waals surface area contributed by atoms with Crippen molar-refractivity contribution in [2.24, 2.45) is 0 Å². The van der Waals surface area contributed by atoms with Gasteiger partial charge in [-0.1, -0.05) is 0 Å². The van der Waals surface area contributed by atoms with Crippen LogP contribution in [0.4, 0.5) is 5.95 Å². The van der Waals surface area contributed by atoms with E-state index in [9.17, 15) is 13.2 Å². The lowest BCUT2D eigenvalue weighted by atomic mass is 9.93. The van der Waals surface area contributed by atoms with Crippen LogP contribution in [-0.4, -0.2) is 79.8 Å². The Balaban J connectivity index is 1.55. The Bertz CT molecular complexity index is 966. The molecule has 0 bridgehead atoms. The molecule has 0 aromatic carbocycles. The zero-order valence-electron chi connectivity index (χ0n) is 16.2. The lowest BCUT2D eigenvalue weighted by Crippen LogP contribution is -2.39. The van der Waals surface area contributed by atoms with Crippen molar-refractivity contribution in [3.05, 3.63) is 28.5 Å². The van der Waals surface area contributed by atoms with Crippen molar-refractivity contribution in [1.82, 2.24) is 19.9 Å². The number of hydrogen-bond acceptors (Lipinski definition) is 9. The summed E-state index contributed by atoms with van der Waals surface area (Å²) in [7, 11) is -3.45. The summed E-state index contributed by atoms with van der Waals surface area (Å²) >= 11 is 1.39. The zero-order chi connectivity index (χ0) is 20.4. The van der Waals surface area contributed by atoms with E-state index in [0.29, 0.717) is 69.6 Å². The van der Waals surface area contributed by atoms with Gasteiger partial charge in [0, 0.05) is 43.7 Å². The van der Waals surface area contributed by atoms with Crippen molar-refractivity contribution in [3.8, 4) is 0 Å². The van der Waals surface area contributed by atoms with Gasteiger partial charge in [0.05, 0.1) is 30.6 Å². The summed E-state index contributed by atoms with van der Waals surface area (Å²) in [6.07, 6.45) is 3.91. The normalized spacial score (nSPS) is 18.8. The Hall–Kier alpha value is -2.11. The molecule has 0 atom stereocenters. The number of piperidine rings is 1. The van der Waals surface area contributed by atoms with Crippen LogP contribution in [0.25, 0.3) is 0 Å². The van der Waals surface area contributed by atoms with E-state index in [2.05, 4.69) is 15.0 Å². The quantitative estimate of drug-likeness (QED) is 0.702. The van der Waals surface area contributed by atoms with Gasteiger partial charge < -0.3 is 14.5 Å². The molecule has 4 rings (SSSR count). The third-order valence-corrected chi connectivity index (χ3v) is 6.98. The summed E-state index contributed by atoms with van der Waals surface area (Å²) < 4.78 is 30.0. The van der Waals surface area contributed by atoms with Crippen molar-refractivity contribution in [1.29, 1.82) is 0 Å². The number of anilines is 1. The molecule has 29 heavy (non-hydrogen) atoms. The summed E-state index contributed by atoms with van der Waals surface area (Å²) in [5, 5.41) is 1.75. The maximum Gasteiger partial charge on any atom is 0.273 e. The lowest BCUT2D eigenvalue weighted by Gasteiger charge is -2.33. The molecule has 0 saturated carbocycles. The molecule has 0 unspecified atom stereocenters. The first kappa shape index (κ1) is 20.2. The molecule has 2 saturated heterocycles. The van der Waals surface area contributed by atoms with Gasteiger partial charge >= 0.3 is 0 Å². The van der Waals surface area contributed by atoms with Crippen molar-refractivity contribution < 1.29 is 17.9 Å². The predicted octanol–water partition coefficient (Wildman–Crippen LogP) is 1.19. The lowest BCUT2D eigenvalue weighted by molar-refractivity contribution is 0.0706. The van der Waals surface area contributed by atoms with Gasteiger partial charge in [-0.3, -0.25) is 4.79 Å². The Morgan fingerprint density at radius 2 is 1.90 bits per heavy atom. The standard InChI is InChI=1S/C18H23N5O4S2/c1-29(25,26)15-10-19-18(23-6-8-27-9-7-23)21-16(15)13-2-4-22(5-3-13)17(24)14-11-28-12-20-14/h10-13H,2-9H2,1H3. The van der Waals surface area contributed by atoms with Crippen molar-refractivity contribution in [2.45, 2.75) is 23.7 Å². The molecule has 11 heteroatoms. The molecule has 1 amide bonds. The Morgan fingerprint density at radius 3 is 2.52 bits per heavy atom. The van der Waals surface area contributed by atoms with Crippen LogP contribution < -0.4 is 4.90 Å². The van der Waals surface area contributed by atoms with Crippen molar-refractivity contribution >= 4 is 33.0 Å². The highest BCUT2D eigenvalue weighted by Crippen LogP contribution is 2.32. The number of thiazole rings is 1. The van der Waals surface area contributed by atoms with Crippen LogP contribution in [0.2, 0.25) is 0 Å². The number of rotatable bonds is 4. The monoisotopic (exact) mass is 437 g/mol. The fourth-order valence-electron chi connectivity index (χ4n) is 3.70. The number of sulfone groups is 1. The van der Waals surface area contributed by atoms with Crippen LogP contribution in [0.3, 0.4) is 0 Å². The van der Waals surface area contributed by atoms with E-state index in [1.165, 1.54) is 23.8 Å². The first-order valence-electron chi connectivity index (χ1n) is 9.50. The summed E-state index contributed by atoms with van der Waals surface area (Å²) in [4.78, 5) is 29.6. The fourth-order valence-corrected chi connectivity index (χ4v) is 5.07. The summed E-state index contributed by atoms with van der Waals surface area (Å²) in [6.45, 7) is 3.64. The highest BCUT2D eigenvalue weighted by Gasteiger charge is 2.30. The van der Waals surface area contributed by atoms with Gasteiger partial charge in [0.2, 0.25) is 5.95 Å². The van der Waals surface area contributed by atoms with Crippen LogP contribution in [0, 0.1) is 0 Å². The SMILES string of the molecule is CS(=O)(=O)c1cnc(N2CCOCC2)nc1C1CCN(C(=O)c2cscn2)CC1. The summed E-state index contributed by atoms with van der Waals surface area (Å²) in [5.41, 5.74) is 2.67. The third-order valence-electron chi connectivity index (χ3n) is 5.28. The number of carbonyl (C=O) groups excluding carboxylic acids is 1. The molecule has 2 aliphatic heterocycles. The molecule has 9 nitrogen and oxygen atoms in total. The minimum Gasteiger partial charge on any atom is -0.378 e. The van der Waals surface area contributed by atoms with Gasteiger partial charge in [0.25, 0.3) is 5.91 Å². The molecule has 0 N–H and O–H groups in total. The largest absolute Gasteiger partial charge is 0.378 e. The molecule has 2 aromatic rings. The van der Waals surface area contributed by atoms with Crippen LogP contribution >= 0.6 is 11.3 Å². The molecule has 156 valence electrons. The first-order chi connectivity index (χ1) is 13.9. The number of morpholine rings is 1. The molecule has 2 aliphatic rings. The summed E-state index contributed by atoms with van der Waals surface area (Å²) in [5.74, 6) is 0.420. The van der Waals surface area contributed by atoms with Crippen LogP contribution in [0.15, 0.2) is 22.0 Å². The number of nitrogens with zero attached hydrogens (tertiary/aromatic N) is 5. The Kier molecular flexibility index (Phi) is 5.79. The molecular weight excluding hydrogens is 414 g/mol. The Morgan fingerprint density at radius 1 is 1.17 bits per heavy atom. The molecule has 4 heterocycles. The molecule has 2 aromatic heterocycles. The highest BCUT2D eigenvalue weighted by molar-refractivity contribution is 7.90. The van der Waals surface area contributed by atoms with E-state index in [-0.39, 0.29) is 16.7 Å². The maximum absolute atomic E-state index is 12.5. The third kappa shape index (κ3) is 4.41. The van der Waals surface area contributed by atoms with E-state index < -0.39 is 9.84 Å². The number of carbonyl (C=O) groups is 1. The highest BCUT2D eigenvalue weighted by atomic mass is 32.2. The van der Waals surface area contributed by atoms with Gasteiger partial charge in [0.15, 0.2) is 9.84 Å². The zero-order valence-corrected chi connectivity index (χ0v) is 17.8. The van der Waals surface area contributed by atoms with Crippen molar-refractivity contribution in [2.75, 3.05) is 50.5 Å². The number of amides is 1. The van der Waals surface area contributed by atoms with Gasteiger partial charge in [-0.25, -0.2) is 23.4 Å². The number of aromatic nitrogens is 3. The molecule has 0 aliphatic carbocycles. The number of likely N-dealkylation sites (tertiary alicyclic amines) is 1. The smallest absolute Gasteiger partial charge is 0.273 e. The average Bonchev–Trinajstić information content (AvgIpc) is 3.28. The topological polar surface area (TPSA) is 106 Å². The van der Waals surface area contributed by atoms with Gasteiger partial charge in [-0.2, -0.15) is 0 Å². The van der Waals surface area contributed by atoms with Crippen LogP contribution in [0.5, 0.6) is 0 Å². The number of hydrogen-bond donors (Lipinski definition) is 0. The average molecular weight is 438 g/mol. The van der Waals surface area contributed by atoms with Gasteiger partial charge in [0.1, 0.15) is 10.6 Å².